The molecule has 0 aliphatic rings. The van der Waals surface area contributed by atoms with Gasteiger partial charge in [-0.25, -0.2) is 14.8 Å². The number of amides is 1. The average molecular weight is 482 g/mol. The number of benzene rings is 1. The van der Waals surface area contributed by atoms with Gasteiger partial charge in [-0.2, -0.15) is 0 Å². The molecule has 0 atom stereocenters. The summed E-state index contributed by atoms with van der Waals surface area (Å²) in [5.74, 6) is -1.17. The largest absolute Gasteiger partial charge is 0.454 e. The van der Waals surface area contributed by atoms with Gasteiger partial charge >= 0.3 is 11.7 Å². The van der Waals surface area contributed by atoms with E-state index >= 15 is 0 Å². The number of nitrogens with two attached hydrogens (primary N) is 1. The van der Waals surface area contributed by atoms with Gasteiger partial charge in [0.1, 0.15) is 12.4 Å². The number of rotatable bonds is 10. The summed E-state index contributed by atoms with van der Waals surface area (Å²) in [7, 11) is 1.61. The maximum Gasteiger partial charge on any atom is 0.330 e. The van der Waals surface area contributed by atoms with E-state index in [1.165, 1.54) is 21.9 Å². The molecule has 184 valence electrons. The fourth-order valence-electron chi connectivity index (χ4n) is 3.36. The average Bonchev–Trinajstić information content (AvgIpc) is 2.85. The number of ether oxygens (including phenoxy) is 1. The summed E-state index contributed by atoms with van der Waals surface area (Å²) in [6, 6.07) is 10.7. The van der Waals surface area contributed by atoms with Crippen molar-refractivity contribution >= 4 is 29.3 Å². The van der Waals surface area contributed by atoms with Gasteiger partial charge in [0, 0.05) is 26.0 Å². The second kappa shape index (κ2) is 11.6. The summed E-state index contributed by atoms with van der Waals surface area (Å²) in [5, 5.41) is 0. The Balaban J connectivity index is 1.77. The van der Waals surface area contributed by atoms with Crippen LogP contribution in [-0.4, -0.2) is 58.1 Å². The molecule has 3 rings (SSSR count). The standard InChI is InChI=1S/C23H27N7O5/c1-3-12-29(17(31)15-35-18(32)14-28(2)22-25-10-7-11-26-22)19-20(24)30(23(34)27-21(19)33)13-16-8-5-4-6-9-16/h4-11H,3,12-15,24H2,1-2H3,(H,27,33,34). The van der Waals surface area contributed by atoms with E-state index < -0.39 is 29.7 Å². The number of aromatic amines is 1. The lowest BCUT2D eigenvalue weighted by Crippen LogP contribution is -2.43. The SMILES string of the molecule is CCCN(C(=O)COC(=O)CN(C)c1ncccn1)c1c(N)n(Cc2ccccc2)c(=O)[nH]c1=O. The van der Waals surface area contributed by atoms with E-state index in [9.17, 15) is 19.2 Å². The Hall–Kier alpha value is -4.48. The van der Waals surface area contributed by atoms with E-state index in [0.717, 1.165) is 10.5 Å². The molecule has 0 unspecified atom stereocenters. The van der Waals surface area contributed by atoms with Crippen LogP contribution in [-0.2, 0) is 20.9 Å². The highest BCUT2D eigenvalue weighted by Gasteiger charge is 2.25. The summed E-state index contributed by atoms with van der Waals surface area (Å²) in [4.78, 5) is 63.2. The zero-order chi connectivity index (χ0) is 25.4. The molecule has 0 fully saturated rings. The molecule has 2 aromatic heterocycles. The summed E-state index contributed by atoms with van der Waals surface area (Å²) >= 11 is 0. The van der Waals surface area contributed by atoms with Crippen LogP contribution < -0.4 is 26.8 Å². The molecule has 0 saturated heterocycles. The van der Waals surface area contributed by atoms with Gasteiger partial charge in [0.05, 0.1) is 6.54 Å². The van der Waals surface area contributed by atoms with Gasteiger partial charge in [-0.15, -0.1) is 0 Å². The summed E-state index contributed by atoms with van der Waals surface area (Å²) in [5.41, 5.74) is 5.33. The van der Waals surface area contributed by atoms with Crippen LogP contribution in [0.1, 0.15) is 18.9 Å². The smallest absolute Gasteiger partial charge is 0.330 e. The van der Waals surface area contributed by atoms with E-state index in [0.29, 0.717) is 12.4 Å². The van der Waals surface area contributed by atoms with Gasteiger partial charge in [-0.1, -0.05) is 37.3 Å². The number of nitrogens with one attached hydrogen (secondary N) is 1. The van der Waals surface area contributed by atoms with Crippen LogP contribution in [0.3, 0.4) is 0 Å². The van der Waals surface area contributed by atoms with Crippen molar-refractivity contribution in [2.45, 2.75) is 19.9 Å². The molecule has 0 radical (unpaired) electrons. The predicted octanol–water partition coefficient (Wildman–Crippen LogP) is 0.380. The minimum absolute atomic E-state index is 0.103. The van der Waals surface area contributed by atoms with E-state index in [4.69, 9.17) is 10.5 Å². The fourth-order valence-corrected chi connectivity index (χ4v) is 3.36. The molecule has 0 bridgehead atoms. The maximum absolute atomic E-state index is 13.0. The number of hydrogen-bond acceptors (Lipinski definition) is 9. The predicted molar refractivity (Wildman–Crippen MR) is 130 cm³/mol. The molecule has 0 aliphatic carbocycles. The molecular weight excluding hydrogens is 454 g/mol. The van der Waals surface area contributed by atoms with Crippen molar-refractivity contribution in [3.05, 3.63) is 75.2 Å². The maximum atomic E-state index is 13.0. The first-order chi connectivity index (χ1) is 16.8. The van der Waals surface area contributed by atoms with Crippen LogP contribution in [0.5, 0.6) is 0 Å². The highest BCUT2D eigenvalue weighted by atomic mass is 16.5. The zero-order valence-corrected chi connectivity index (χ0v) is 19.5. The second-order valence-electron chi connectivity index (χ2n) is 7.68. The highest BCUT2D eigenvalue weighted by Crippen LogP contribution is 2.18. The Morgan fingerprint density at radius 1 is 1.11 bits per heavy atom. The van der Waals surface area contributed by atoms with Gasteiger partial charge < -0.3 is 20.3 Å². The molecule has 35 heavy (non-hydrogen) atoms. The first-order valence-corrected chi connectivity index (χ1v) is 10.9. The van der Waals surface area contributed by atoms with Crippen LogP contribution in [0.2, 0.25) is 0 Å². The number of H-pyrrole nitrogens is 1. The Labute approximate surface area is 201 Å². The number of aromatic nitrogens is 4. The van der Waals surface area contributed by atoms with Crippen molar-refractivity contribution in [1.82, 2.24) is 19.5 Å². The normalized spacial score (nSPS) is 10.6. The Kier molecular flexibility index (Phi) is 8.33. The lowest BCUT2D eigenvalue weighted by molar-refractivity contribution is -0.146. The van der Waals surface area contributed by atoms with Crippen molar-refractivity contribution in [1.29, 1.82) is 0 Å². The van der Waals surface area contributed by atoms with Crippen molar-refractivity contribution in [3.63, 3.8) is 0 Å². The van der Waals surface area contributed by atoms with Gasteiger partial charge in [0.25, 0.3) is 11.5 Å². The number of likely N-dealkylation sites (N-methyl/N-ethyl adjacent to an activating group) is 1. The fraction of sp³-hybridized carbons (Fsp3) is 0.304. The van der Waals surface area contributed by atoms with Crippen molar-refractivity contribution < 1.29 is 14.3 Å². The first kappa shape index (κ1) is 25.1. The molecule has 0 aliphatic heterocycles. The van der Waals surface area contributed by atoms with E-state index in [2.05, 4.69) is 15.0 Å². The van der Waals surface area contributed by atoms with Crippen LogP contribution in [0.15, 0.2) is 58.4 Å². The number of carbonyl (C=O) groups excluding carboxylic acids is 2. The third-order valence-corrected chi connectivity index (χ3v) is 5.03. The van der Waals surface area contributed by atoms with Crippen LogP contribution in [0, 0.1) is 0 Å². The minimum atomic E-state index is -0.800. The minimum Gasteiger partial charge on any atom is -0.454 e. The van der Waals surface area contributed by atoms with Gasteiger partial charge in [-0.3, -0.25) is 23.9 Å². The van der Waals surface area contributed by atoms with E-state index in [1.54, 1.807) is 13.1 Å². The Morgan fingerprint density at radius 3 is 2.46 bits per heavy atom. The van der Waals surface area contributed by atoms with Crippen molar-refractivity contribution in [3.8, 4) is 0 Å². The quantitative estimate of drug-likeness (QED) is 0.391. The van der Waals surface area contributed by atoms with Gasteiger partial charge in [0.15, 0.2) is 12.3 Å². The van der Waals surface area contributed by atoms with Gasteiger partial charge in [-0.05, 0) is 18.1 Å². The highest BCUT2D eigenvalue weighted by molar-refractivity contribution is 5.97. The number of anilines is 3. The second-order valence-corrected chi connectivity index (χ2v) is 7.68. The summed E-state index contributed by atoms with van der Waals surface area (Å²) in [6.07, 6.45) is 3.56. The monoisotopic (exact) mass is 481 g/mol. The summed E-state index contributed by atoms with van der Waals surface area (Å²) in [6.45, 7) is 1.25. The molecule has 12 heteroatoms. The topological polar surface area (TPSA) is 157 Å². The molecule has 1 amide bonds. The lowest BCUT2D eigenvalue weighted by atomic mass is 10.2. The number of carbonyl (C=O) groups is 2. The van der Waals surface area contributed by atoms with Gasteiger partial charge in [0.2, 0.25) is 5.95 Å². The summed E-state index contributed by atoms with van der Waals surface area (Å²) < 4.78 is 6.31. The first-order valence-electron chi connectivity index (χ1n) is 10.9. The molecule has 1 aromatic carbocycles. The Morgan fingerprint density at radius 2 is 1.80 bits per heavy atom. The molecule has 3 N–H and O–H groups in total. The molecule has 0 saturated carbocycles. The third-order valence-electron chi connectivity index (χ3n) is 5.03. The number of nitrogens with zero attached hydrogens (tertiary/aromatic N) is 5. The zero-order valence-electron chi connectivity index (χ0n) is 19.5. The molecule has 12 nitrogen and oxygen atoms in total. The van der Waals surface area contributed by atoms with Crippen LogP contribution >= 0.6 is 0 Å². The van der Waals surface area contributed by atoms with Crippen LogP contribution in [0.25, 0.3) is 0 Å². The number of nitrogen functional groups attached to an aromatic ring is 1. The van der Waals surface area contributed by atoms with Crippen LogP contribution in [0.4, 0.5) is 17.5 Å². The van der Waals surface area contributed by atoms with Crippen molar-refractivity contribution in [2.75, 3.05) is 42.3 Å². The number of esters is 1. The van der Waals surface area contributed by atoms with E-state index in [-0.39, 0.29) is 31.1 Å². The molecule has 0 spiro atoms. The number of hydrogen-bond donors (Lipinski definition) is 2. The molecule has 3 aromatic rings. The van der Waals surface area contributed by atoms with Crippen molar-refractivity contribution in [2.24, 2.45) is 0 Å². The third kappa shape index (κ3) is 6.31. The van der Waals surface area contributed by atoms with E-state index in [1.807, 2.05) is 37.3 Å². The molecular formula is C23H27N7O5. The molecule has 2 heterocycles. The lowest BCUT2D eigenvalue weighted by Gasteiger charge is -2.24. The Bertz CT molecular complexity index is 1270.